The molecule has 0 saturated carbocycles. The second kappa shape index (κ2) is 30.3. The second-order valence-corrected chi connectivity index (χ2v) is 24.3. The van der Waals surface area contributed by atoms with Gasteiger partial charge in [-0.2, -0.15) is 5.26 Å². The Balaban J connectivity index is 1.43. The van der Waals surface area contributed by atoms with Gasteiger partial charge in [0.25, 0.3) is 5.91 Å². The predicted molar refractivity (Wildman–Crippen MR) is 328 cm³/mol. The Morgan fingerprint density at radius 1 is 0.701 bits per heavy atom. The standard InChI is InChI=1S/C65H84N10O12/c1-13-14-16-41-18-21-43(22-19-41)44-23-25-45(26-24-44)57(77)73-50(17-15-30-67-60(80)85-63(3,4)5)59(79)75(12)54-46-27-29-53(84-34-32-69-62(82)87-65(9,10)11)49(37-46)48-35-42(20-28-52(48)83-33-31-68-61(81)86-64(6,7)8)36-51(55-70-39-47(38-66)72-55)74-56(76)40(2)71-58(54)78/h18-29,35,37,39-40,50-51,54H,13-17,30-34,36H2,1-12H3,(H,67,80)(H,68,81)(H,69,82)(H,70,72)(H,71,78)(H,73,77)(H,74,76)/t40-,50-,51-,54-/m0/s1. The van der Waals surface area contributed by atoms with E-state index in [4.69, 9.17) is 23.7 Å². The Bertz CT molecular complexity index is 3240. The average Bonchev–Trinajstić information content (AvgIpc) is 1.58. The van der Waals surface area contributed by atoms with E-state index in [2.05, 4.69) is 60.9 Å². The number of ether oxygens (including phenoxy) is 5. The molecule has 0 saturated heterocycles. The maximum absolute atomic E-state index is 15.4. The van der Waals surface area contributed by atoms with Gasteiger partial charge in [-0.1, -0.05) is 61.9 Å². The molecule has 4 aromatic carbocycles. The van der Waals surface area contributed by atoms with E-state index in [0.717, 1.165) is 30.4 Å². The number of carbonyl (C=O) groups excluding carboxylic acids is 7. The SMILES string of the molecule is CCCCc1ccc(-c2ccc(C(=O)N[C@@H](CCCNC(=O)OC(C)(C)C)C(=O)N(C)[C@@H]3C(=O)N[C@@H](C)C(=O)N[C@H](c4ncc(C#N)[nH]4)Cc4ccc(OCCNC(=O)OC(C)(C)C)c(c4)-c4cc3ccc4OCCNC(=O)OC(C)(C)C)cc2)cc1. The van der Waals surface area contributed by atoms with Gasteiger partial charge >= 0.3 is 18.3 Å². The number of carbonyl (C=O) groups is 7. The summed E-state index contributed by atoms with van der Waals surface area (Å²) in [5.74, 6) is -1.85. The summed E-state index contributed by atoms with van der Waals surface area (Å²) in [5, 5.41) is 26.6. The molecule has 6 rings (SSSR count). The number of imidazole rings is 1. The van der Waals surface area contributed by atoms with Gasteiger partial charge in [0.1, 0.15) is 77.2 Å². The van der Waals surface area contributed by atoms with Crippen molar-refractivity contribution in [3.63, 3.8) is 0 Å². The third-order valence-electron chi connectivity index (χ3n) is 13.4. The molecule has 22 heteroatoms. The quantitative estimate of drug-likeness (QED) is 0.0266. The number of benzene rings is 4. The van der Waals surface area contributed by atoms with Crippen LogP contribution in [-0.2, 0) is 41.4 Å². The average molecular weight is 1200 g/mol. The molecule has 0 fully saturated rings. The number of likely N-dealkylation sites (N-methyl/N-ethyl adjacent to an activating group) is 1. The van der Waals surface area contributed by atoms with Gasteiger partial charge in [0.15, 0.2) is 0 Å². The number of aromatic nitrogens is 2. The number of alkyl carbamates (subject to hydrolysis) is 3. The van der Waals surface area contributed by atoms with E-state index in [1.165, 1.54) is 30.6 Å². The summed E-state index contributed by atoms with van der Waals surface area (Å²) < 4.78 is 29.1. The van der Waals surface area contributed by atoms with Crippen LogP contribution >= 0.6 is 0 Å². The molecule has 0 unspecified atom stereocenters. The minimum atomic E-state index is -1.51. The van der Waals surface area contributed by atoms with E-state index < -0.39 is 82.9 Å². The van der Waals surface area contributed by atoms with Crippen LogP contribution in [0.4, 0.5) is 14.4 Å². The summed E-state index contributed by atoms with van der Waals surface area (Å²) in [6.45, 7) is 19.3. The van der Waals surface area contributed by atoms with E-state index in [9.17, 15) is 29.2 Å². The molecule has 0 spiro atoms. The molecular weight excluding hydrogens is 1110 g/mol. The number of hydrogen-bond donors (Lipinski definition) is 7. The Kier molecular flexibility index (Phi) is 23.3. The highest BCUT2D eigenvalue weighted by molar-refractivity contribution is 5.99. The minimum absolute atomic E-state index is 0.00631. The molecule has 7 amide bonds. The van der Waals surface area contributed by atoms with E-state index in [0.29, 0.717) is 22.4 Å². The summed E-state index contributed by atoms with van der Waals surface area (Å²) >= 11 is 0. The number of aryl methyl sites for hydroxylation is 1. The van der Waals surface area contributed by atoms with Crippen molar-refractivity contribution in [2.24, 2.45) is 0 Å². The van der Waals surface area contributed by atoms with Crippen molar-refractivity contribution in [3.8, 4) is 39.8 Å². The molecular formula is C65H84N10O12. The van der Waals surface area contributed by atoms with Crippen LogP contribution in [-0.4, -0.2) is 126 Å². The van der Waals surface area contributed by atoms with Crippen LogP contribution in [0, 0.1) is 11.3 Å². The Morgan fingerprint density at radius 2 is 1.24 bits per heavy atom. The summed E-state index contributed by atoms with van der Waals surface area (Å²) in [6, 6.07) is 22.6. The Labute approximate surface area is 509 Å². The zero-order chi connectivity index (χ0) is 63.6. The number of aromatic amines is 1. The lowest BCUT2D eigenvalue weighted by Gasteiger charge is -2.33. The Morgan fingerprint density at radius 3 is 1.78 bits per heavy atom. The van der Waals surface area contributed by atoms with Gasteiger partial charge in [0, 0.05) is 30.3 Å². The molecule has 87 heavy (non-hydrogen) atoms. The van der Waals surface area contributed by atoms with Gasteiger partial charge in [-0.3, -0.25) is 19.2 Å². The maximum Gasteiger partial charge on any atom is 0.407 e. The van der Waals surface area contributed by atoms with Crippen LogP contribution in [0.5, 0.6) is 11.5 Å². The second-order valence-electron chi connectivity index (χ2n) is 24.3. The molecule has 466 valence electrons. The van der Waals surface area contributed by atoms with Gasteiger partial charge in [0.05, 0.1) is 25.3 Å². The lowest BCUT2D eigenvalue weighted by atomic mass is 9.93. The fraction of sp³-hybridized carbons (Fsp3) is 0.462. The molecule has 1 aliphatic heterocycles. The first-order chi connectivity index (χ1) is 41.1. The van der Waals surface area contributed by atoms with Gasteiger partial charge in [0.2, 0.25) is 17.7 Å². The minimum Gasteiger partial charge on any atom is -0.491 e. The highest BCUT2D eigenvalue weighted by atomic mass is 16.6. The normalized spacial score (nSPS) is 15.6. The number of fused-ring (bicyclic) bond motifs is 5. The molecule has 5 aromatic rings. The van der Waals surface area contributed by atoms with E-state index in [1.807, 2.05) is 36.4 Å². The van der Waals surface area contributed by atoms with Gasteiger partial charge in [-0.15, -0.1) is 0 Å². The molecule has 1 aromatic heterocycles. The summed E-state index contributed by atoms with van der Waals surface area (Å²) in [7, 11) is 1.42. The van der Waals surface area contributed by atoms with Gasteiger partial charge in [-0.05, 0) is 166 Å². The van der Waals surface area contributed by atoms with Crippen molar-refractivity contribution < 1.29 is 57.2 Å². The number of amides is 7. The largest absolute Gasteiger partial charge is 0.491 e. The number of nitrogens with zero attached hydrogens (tertiary/aromatic N) is 3. The zero-order valence-electron chi connectivity index (χ0n) is 52.0. The van der Waals surface area contributed by atoms with Crippen molar-refractivity contribution >= 4 is 41.9 Å². The number of unbranched alkanes of at least 4 members (excludes halogenated alkanes) is 1. The number of rotatable bonds is 21. The monoisotopic (exact) mass is 1200 g/mol. The third-order valence-corrected chi connectivity index (χ3v) is 13.4. The van der Waals surface area contributed by atoms with Crippen LogP contribution in [0.15, 0.2) is 91.1 Å². The Hall–Kier alpha value is -9.13. The molecule has 4 atom stereocenters. The number of nitriles is 1. The van der Waals surface area contributed by atoms with Gasteiger partial charge in [-0.25, -0.2) is 19.4 Å². The summed E-state index contributed by atoms with van der Waals surface area (Å²) in [4.78, 5) is 106. The lowest BCUT2D eigenvalue weighted by molar-refractivity contribution is -0.141. The van der Waals surface area contributed by atoms with Crippen molar-refractivity contribution in [2.45, 2.75) is 156 Å². The smallest absolute Gasteiger partial charge is 0.407 e. The van der Waals surface area contributed by atoms with Crippen molar-refractivity contribution in [2.75, 3.05) is 39.9 Å². The first-order valence-electron chi connectivity index (χ1n) is 29.4. The molecule has 2 heterocycles. The molecule has 4 bridgehead atoms. The summed E-state index contributed by atoms with van der Waals surface area (Å²) in [5.41, 5.74) is 2.88. The highest BCUT2D eigenvalue weighted by Gasteiger charge is 2.36. The molecule has 0 radical (unpaired) electrons. The molecule has 0 aliphatic carbocycles. The van der Waals surface area contributed by atoms with E-state index in [1.54, 1.807) is 105 Å². The van der Waals surface area contributed by atoms with Crippen molar-refractivity contribution in [3.05, 3.63) is 125 Å². The van der Waals surface area contributed by atoms with E-state index in [-0.39, 0.29) is 80.5 Å². The van der Waals surface area contributed by atoms with Gasteiger partial charge < -0.3 is 65.5 Å². The molecule has 22 nitrogen and oxygen atoms in total. The molecule has 7 N–H and O–H groups in total. The first-order valence-corrected chi connectivity index (χ1v) is 29.4. The summed E-state index contributed by atoms with van der Waals surface area (Å²) in [6.07, 6.45) is 2.81. The van der Waals surface area contributed by atoms with Crippen molar-refractivity contribution in [1.82, 2.24) is 46.8 Å². The highest BCUT2D eigenvalue weighted by Crippen LogP contribution is 2.41. The lowest BCUT2D eigenvalue weighted by Crippen LogP contribution is -2.53. The molecule has 1 aliphatic rings. The number of H-pyrrole nitrogens is 1. The first kappa shape index (κ1) is 67.0. The van der Waals surface area contributed by atoms with Crippen LogP contribution in [0.2, 0.25) is 0 Å². The predicted octanol–water partition coefficient (Wildman–Crippen LogP) is 9.29. The van der Waals surface area contributed by atoms with E-state index >= 15 is 9.59 Å². The number of nitrogens with one attached hydrogen (secondary N) is 7. The fourth-order valence-corrected chi connectivity index (χ4v) is 9.32. The maximum atomic E-state index is 15.4. The fourth-order valence-electron chi connectivity index (χ4n) is 9.32. The van der Waals surface area contributed by atoms with Crippen molar-refractivity contribution in [1.29, 1.82) is 5.26 Å². The van der Waals surface area contributed by atoms with Crippen LogP contribution in [0.1, 0.15) is 152 Å². The number of hydrogen-bond acceptors (Lipinski definition) is 14. The van der Waals surface area contributed by atoms with Crippen LogP contribution < -0.4 is 41.4 Å². The van der Waals surface area contributed by atoms with Crippen LogP contribution in [0.3, 0.4) is 0 Å². The van der Waals surface area contributed by atoms with Crippen LogP contribution in [0.25, 0.3) is 22.3 Å². The topological polar surface area (TPSA) is 294 Å². The third kappa shape index (κ3) is 20.8. The zero-order valence-corrected chi connectivity index (χ0v) is 52.0.